The summed E-state index contributed by atoms with van der Waals surface area (Å²) in [5.74, 6) is 0.134. The largest absolute Gasteiger partial charge is 0.0622 e. The van der Waals surface area contributed by atoms with Gasteiger partial charge in [0.2, 0.25) is 0 Å². The summed E-state index contributed by atoms with van der Waals surface area (Å²) in [5, 5.41) is 6.01. The molecule has 4 aliphatic carbocycles. The minimum absolute atomic E-state index is 0.0670. The Bertz CT molecular complexity index is 2700. The molecule has 8 aromatic carbocycles. The van der Waals surface area contributed by atoms with Gasteiger partial charge in [0.05, 0.1) is 0 Å². The Morgan fingerprint density at radius 2 is 0.625 bits per heavy atom. The summed E-state index contributed by atoms with van der Waals surface area (Å²) in [6, 6.07) is 65.3. The minimum Gasteiger partial charge on any atom is -0.0622 e. The number of aryl methyl sites for hydroxylation is 4. The molecule has 0 amide bonds. The quantitative estimate of drug-likeness (QED) is 0.140. The predicted octanol–water partition coefficient (Wildman–Crippen LogP) is 13.4. The van der Waals surface area contributed by atoms with Gasteiger partial charge in [0.1, 0.15) is 0 Å². The van der Waals surface area contributed by atoms with Crippen LogP contribution in [0.4, 0.5) is 0 Å². The van der Waals surface area contributed by atoms with Crippen LogP contribution in [0.5, 0.6) is 0 Å². The van der Waals surface area contributed by atoms with Gasteiger partial charge >= 0.3 is 0 Å². The molecule has 0 saturated heterocycles. The molecule has 2 atom stereocenters. The van der Waals surface area contributed by atoms with E-state index in [2.05, 4.69) is 170 Å². The molecule has 0 bridgehead atoms. The van der Waals surface area contributed by atoms with Gasteiger partial charge in [-0.05, 0) is 149 Å². The number of hydrogen-bond donors (Lipinski definition) is 0. The average Bonchev–Trinajstić information content (AvgIpc) is 4.02. The van der Waals surface area contributed by atoms with Crippen LogP contribution in [0, 0.1) is 0 Å². The first-order valence-electron chi connectivity index (χ1n) is 20.6. The van der Waals surface area contributed by atoms with E-state index in [1.165, 1.54) is 111 Å². The van der Waals surface area contributed by atoms with Crippen LogP contribution in [0.15, 0.2) is 170 Å². The zero-order valence-corrected chi connectivity index (χ0v) is 31.6. The Kier molecular flexibility index (Phi) is 7.24. The maximum Gasteiger partial charge on any atom is 0.0208 e. The number of rotatable bonds is 9. The molecular weight excluding hydrogens is 673 g/mol. The van der Waals surface area contributed by atoms with Gasteiger partial charge in [0.25, 0.3) is 0 Å². The summed E-state index contributed by atoms with van der Waals surface area (Å²) in [4.78, 5) is 0. The lowest BCUT2D eigenvalue weighted by molar-refractivity contribution is 0.772. The summed E-state index contributed by atoms with van der Waals surface area (Å²) in [7, 11) is 0. The predicted molar refractivity (Wildman–Crippen MR) is 235 cm³/mol. The highest BCUT2D eigenvalue weighted by molar-refractivity contribution is 6.20. The number of hydrogen-bond acceptors (Lipinski definition) is 0. The van der Waals surface area contributed by atoms with Gasteiger partial charge in [-0.15, -0.1) is 0 Å². The molecule has 0 N–H and O–H groups in total. The lowest BCUT2D eigenvalue weighted by atomic mass is 9.68. The first-order valence-corrected chi connectivity index (χ1v) is 20.6. The van der Waals surface area contributed by atoms with Crippen molar-refractivity contribution in [1.82, 2.24) is 0 Å². The second-order valence-corrected chi connectivity index (χ2v) is 16.5. The van der Waals surface area contributed by atoms with E-state index in [1.54, 1.807) is 0 Å². The molecule has 0 nitrogen and oxygen atoms in total. The zero-order valence-electron chi connectivity index (χ0n) is 31.6. The lowest BCUT2D eigenvalue weighted by Crippen LogP contribution is -2.17. The van der Waals surface area contributed by atoms with E-state index < -0.39 is 0 Å². The third kappa shape index (κ3) is 4.78. The molecule has 0 radical (unpaired) electrons. The van der Waals surface area contributed by atoms with Gasteiger partial charge in [-0.2, -0.15) is 0 Å². The molecule has 266 valence electrons. The van der Waals surface area contributed by atoms with Gasteiger partial charge in [0.15, 0.2) is 0 Å². The number of allylic oxidation sites excluding steroid dienone is 4. The van der Waals surface area contributed by atoms with E-state index in [1.807, 2.05) is 0 Å². The molecule has 8 aromatic rings. The first-order chi connectivity index (χ1) is 27.8. The van der Waals surface area contributed by atoms with E-state index in [4.69, 9.17) is 0 Å². The van der Waals surface area contributed by atoms with Crippen molar-refractivity contribution in [2.75, 3.05) is 0 Å². The SMILES string of the molecule is c1ccc(CC2=C(C(c3ccccc3)C(C3=C(Cc4ccccc4)c4ccc5c6c(ccc3c46)CC5)c3ccccc3)c3ccc4c5c(ccc2c35)CC4)cc1. The first kappa shape index (κ1) is 32.0. The minimum atomic E-state index is 0.0670. The van der Waals surface area contributed by atoms with Crippen LogP contribution < -0.4 is 0 Å². The molecule has 0 heterocycles. The van der Waals surface area contributed by atoms with E-state index in [-0.39, 0.29) is 11.8 Å². The Morgan fingerprint density at radius 3 is 0.982 bits per heavy atom. The fourth-order valence-corrected chi connectivity index (χ4v) is 11.3. The summed E-state index contributed by atoms with van der Waals surface area (Å²) in [6.07, 6.45) is 6.34. The lowest BCUT2D eigenvalue weighted by Gasteiger charge is -2.34. The fourth-order valence-electron chi connectivity index (χ4n) is 11.3. The maximum absolute atomic E-state index is 2.51. The molecule has 0 aromatic heterocycles. The maximum atomic E-state index is 2.51. The summed E-state index contributed by atoms with van der Waals surface area (Å²) >= 11 is 0. The highest BCUT2D eigenvalue weighted by Crippen LogP contribution is 2.61. The Hall–Kier alpha value is -6.24. The Balaban J connectivity index is 1.20. The van der Waals surface area contributed by atoms with Crippen LogP contribution in [-0.2, 0) is 38.5 Å². The average molecular weight is 715 g/mol. The Morgan fingerprint density at radius 1 is 0.304 bits per heavy atom. The van der Waals surface area contributed by atoms with Crippen molar-refractivity contribution < 1.29 is 0 Å². The van der Waals surface area contributed by atoms with Crippen molar-refractivity contribution in [2.45, 2.75) is 50.4 Å². The Labute approximate surface area is 329 Å². The number of benzene rings is 8. The second kappa shape index (κ2) is 12.7. The normalized spacial score (nSPS) is 15.8. The van der Waals surface area contributed by atoms with Crippen LogP contribution in [0.1, 0.15) is 78.6 Å². The van der Waals surface area contributed by atoms with Crippen molar-refractivity contribution in [3.05, 3.63) is 237 Å². The van der Waals surface area contributed by atoms with Gasteiger partial charge in [-0.25, -0.2) is 0 Å². The van der Waals surface area contributed by atoms with Crippen molar-refractivity contribution >= 4 is 43.8 Å². The standard InChI is InChI=1S/C56H42/c1-5-13-35(14-6-1)33-47-43-29-25-39-21-23-41-27-31-45(53(43)49(39)41)55(47)51(37-17-9-3-10-18-37)52(38-19-11-4-12-20-38)56-46-32-28-42-24-22-40-26-30-44(54(46)50(40)42)48(56)34-36-15-7-2-8-16-36/h1-20,25-32,51-52H,21-24,33-34H2. The molecule has 0 heteroatoms. The second-order valence-electron chi connectivity index (χ2n) is 16.5. The summed E-state index contributed by atoms with van der Waals surface area (Å²) in [6.45, 7) is 0. The molecule has 0 fully saturated rings. The van der Waals surface area contributed by atoms with Crippen LogP contribution in [0.25, 0.3) is 43.8 Å². The van der Waals surface area contributed by atoms with Gasteiger partial charge in [0, 0.05) is 11.8 Å². The molecule has 12 rings (SSSR count). The molecule has 0 saturated carbocycles. The zero-order chi connectivity index (χ0) is 36.7. The van der Waals surface area contributed by atoms with Crippen LogP contribution in [0.3, 0.4) is 0 Å². The van der Waals surface area contributed by atoms with E-state index in [9.17, 15) is 0 Å². The topological polar surface area (TPSA) is 0 Å². The van der Waals surface area contributed by atoms with Crippen molar-refractivity contribution in [3.63, 3.8) is 0 Å². The van der Waals surface area contributed by atoms with Crippen molar-refractivity contribution in [3.8, 4) is 0 Å². The van der Waals surface area contributed by atoms with Crippen LogP contribution in [0.2, 0.25) is 0 Å². The molecule has 0 spiro atoms. The van der Waals surface area contributed by atoms with Gasteiger partial charge in [-0.1, -0.05) is 170 Å². The molecule has 2 unspecified atom stereocenters. The van der Waals surface area contributed by atoms with Crippen LogP contribution in [-0.4, -0.2) is 0 Å². The third-order valence-corrected chi connectivity index (χ3v) is 13.6. The van der Waals surface area contributed by atoms with E-state index in [0.29, 0.717) is 0 Å². The smallest absolute Gasteiger partial charge is 0.0208 e. The molecule has 0 aliphatic heterocycles. The van der Waals surface area contributed by atoms with E-state index in [0.717, 1.165) is 38.5 Å². The monoisotopic (exact) mass is 714 g/mol. The van der Waals surface area contributed by atoms with Gasteiger partial charge < -0.3 is 0 Å². The summed E-state index contributed by atoms with van der Waals surface area (Å²) in [5.41, 5.74) is 23.2. The van der Waals surface area contributed by atoms with Gasteiger partial charge in [-0.3, -0.25) is 0 Å². The van der Waals surface area contributed by atoms with Crippen molar-refractivity contribution in [2.24, 2.45) is 0 Å². The fraction of sp³-hybridized carbons (Fsp3) is 0.143. The highest BCUT2D eigenvalue weighted by Gasteiger charge is 2.42. The molecular formula is C56H42. The highest BCUT2D eigenvalue weighted by atomic mass is 14.4. The van der Waals surface area contributed by atoms with E-state index >= 15 is 0 Å². The third-order valence-electron chi connectivity index (χ3n) is 13.6. The summed E-state index contributed by atoms with van der Waals surface area (Å²) < 4.78 is 0. The molecule has 56 heavy (non-hydrogen) atoms. The van der Waals surface area contributed by atoms with Crippen LogP contribution >= 0.6 is 0 Å². The van der Waals surface area contributed by atoms with Crippen molar-refractivity contribution in [1.29, 1.82) is 0 Å². The molecule has 4 aliphatic rings.